The smallest absolute Gasteiger partial charge is 0.325 e. The van der Waals surface area contributed by atoms with Crippen molar-refractivity contribution in [3.05, 3.63) is 35.4 Å². The van der Waals surface area contributed by atoms with Crippen molar-refractivity contribution in [1.29, 1.82) is 0 Å². The predicted molar refractivity (Wildman–Crippen MR) is 70.2 cm³/mol. The molecule has 0 spiro atoms. The molecular formula is C14H18N2O3. The maximum atomic E-state index is 11.7. The zero-order valence-corrected chi connectivity index (χ0v) is 11.0. The highest BCUT2D eigenvalue weighted by atomic mass is 16.5. The van der Waals surface area contributed by atoms with E-state index in [9.17, 15) is 9.59 Å². The molecule has 19 heavy (non-hydrogen) atoms. The number of carbonyl (C=O) groups excluding carboxylic acids is 2. The van der Waals surface area contributed by atoms with Gasteiger partial charge in [0.2, 0.25) is 5.91 Å². The van der Waals surface area contributed by atoms with Crippen molar-refractivity contribution in [3.8, 4) is 0 Å². The van der Waals surface area contributed by atoms with Crippen LogP contribution in [-0.4, -0.2) is 36.5 Å². The Hall–Kier alpha value is -1.88. The molecule has 5 nitrogen and oxygen atoms in total. The van der Waals surface area contributed by atoms with Crippen LogP contribution in [0.15, 0.2) is 24.3 Å². The van der Waals surface area contributed by atoms with E-state index in [1.807, 2.05) is 17.0 Å². The Morgan fingerprint density at radius 1 is 1.26 bits per heavy atom. The van der Waals surface area contributed by atoms with Gasteiger partial charge in [0, 0.05) is 13.1 Å². The van der Waals surface area contributed by atoms with Crippen LogP contribution >= 0.6 is 0 Å². The zero-order chi connectivity index (χ0) is 13.7. The number of nitrogens with one attached hydrogen (secondary N) is 1. The number of esters is 1. The zero-order valence-electron chi connectivity index (χ0n) is 11.0. The van der Waals surface area contributed by atoms with Crippen molar-refractivity contribution in [2.45, 2.75) is 20.0 Å². The molecule has 1 aromatic rings. The normalized spacial score (nSPS) is 13.9. The number of rotatable bonds is 5. The molecule has 0 atom stereocenters. The fourth-order valence-corrected chi connectivity index (χ4v) is 2.16. The SMILES string of the molecule is CCOC(=O)CNC(=O)CN1Cc2ccccc2C1. The van der Waals surface area contributed by atoms with Gasteiger partial charge in [-0.05, 0) is 18.1 Å². The van der Waals surface area contributed by atoms with E-state index in [0.29, 0.717) is 13.2 Å². The highest BCUT2D eigenvalue weighted by molar-refractivity contribution is 5.83. The summed E-state index contributed by atoms with van der Waals surface area (Å²) in [7, 11) is 0. The number of nitrogens with zero attached hydrogens (tertiary/aromatic N) is 1. The molecule has 1 aromatic carbocycles. The Bertz CT molecular complexity index is 449. The fraction of sp³-hybridized carbons (Fsp3) is 0.429. The van der Waals surface area contributed by atoms with Crippen molar-refractivity contribution in [1.82, 2.24) is 10.2 Å². The molecule has 1 aliphatic heterocycles. The number of hydrogen-bond acceptors (Lipinski definition) is 4. The summed E-state index contributed by atoms with van der Waals surface area (Å²) in [6, 6.07) is 8.16. The van der Waals surface area contributed by atoms with E-state index in [-0.39, 0.29) is 12.5 Å². The van der Waals surface area contributed by atoms with Crippen LogP contribution in [0.5, 0.6) is 0 Å². The monoisotopic (exact) mass is 262 g/mol. The van der Waals surface area contributed by atoms with E-state index in [1.165, 1.54) is 11.1 Å². The average molecular weight is 262 g/mol. The minimum absolute atomic E-state index is 0.0620. The first-order chi connectivity index (χ1) is 9.19. The van der Waals surface area contributed by atoms with Crippen LogP contribution in [0.1, 0.15) is 18.1 Å². The van der Waals surface area contributed by atoms with Gasteiger partial charge in [-0.15, -0.1) is 0 Å². The molecule has 5 heteroatoms. The van der Waals surface area contributed by atoms with Gasteiger partial charge in [-0.3, -0.25) is 14.5 Å². The number of fused-ring (bicyclic) bond motifs is 1. The highest BCUT2D eigenvalue weighted by Crippen LogP contribution is 2.21. The third-order valence-corrected chi connectivity index (χ3v) is 3.01. The van der Waals surface area contributed by atoms with Crippen LogP contribution in [0, 0.1) is 0 Å². The van der Waals surface area contributed by atoms with E-state index in [0.717, 1.165) is 13.1 Å². The Kier molecular flexibility index (Phi) is 4.52. The first kappa shape index (κ1) is 13.5. The molecule has 1 aliphatic rings. The van der Waals surface area contributed by atoms with Gasteiger partial charge in [-0.2, -0.15) is 0 Å². The lowest BCUT2D eigenvalue weighted by atomic mass is 10.1. The third-order valence-electron chi connectivity index (χ3n) is 3.01. The average Bonchev–Trinajstić information content (AvgIpc) is 2.78. The molecule has 102 valence electrons. The number of hydrogen-bond donors (Lipinski definition) is 1. The van der Waals surface area contributed by atoms with Gasteiger partial charge in [-0.1, -0.05) is 24.3 Å². The molecule has 0 aliphatic carbocycles. The van der Waals surface area contributed by atoms with Crippen LogP contribution in [-0.2, 0) is 27.4 Å². The summed E-state index contributed by atoms with van der Waals surface area (Å²) in [6.45, 7) is 3.87. The Morgan fingerprint density at radius 2 is 1.89 bits per heavy atom. The number of ether oxygens (including phenoxy) is 1. The molecule has 0 bridgehead atoms. The summed E-state index contributed by atoms with van der Waals surface area (Å²) >= 11 is 0. The molecule has 1 amide bonds. The molecule has 2 rings (SSSR count). The molecule has 0 saturated heterocycles. The van der Waals surface area contributed by atoms with E-state index in [2.05, 4.69) is 17.4 Å². The van der Waals surface area contributed by atoms with Crippen LogP contribution in [0.4, 0.5) is 0 Å². The lowest BCUT2D eigenvalue weighted by molar-refractivity contribution is -0.143. The number of benzene rings is 1. The fourth-order valence-electron chi connectivity index (χ4n) is 2.16. The van der Waals surface area contributed by atoms with Crippen LogP contribution in [0.3, 0.4) is 0 Å². The van der Waals surface area contributed by atoms with Gasteiger partial charge in [0.15, 0.2) is 0 Å². The molecule has 0 radical (unpaired) electrons. The summed E-state index contributed by atoms with van der Waals surface area (Å²) in [4.78, 5) is 24.9. The molecular weight excluding hydrogens is 244 g/mol. The summed E-state index contributed by atoms with van der Waals surface area (Å²) < 4.78 is 4.75. The van der Waals surface area contributed by atoms with Gasteiger partial charge in [0.25, 0.3) is 0 Å². The first-order valence-corrected chi connectivity index (χ1v) is 6.40. The third kappa shape index (κ3) is 3.79. The minimum Gasteiger partial charge on any atom is -0.465 e. The second-order valence-electron chi connectivity index (χ2n) is 4.50. The van der Waals surface area contributed by atoms with Crippen molar-refractivity contribution in [3.63, 3.8) is 0 Å². The molecule has 0 fully saturated rings. The maximum absolute atomic E-state index is 11.7. The van der Waals surface area contributed by atoms with Gasteiger partial charge >= 0.3 is 5.97 Å². The van der Waals surface area contributed by atoms with Gasteiger partial charge in [-0.25, -0.2) is 0 Å². The maximum Gasteiger partial charge on any atom is 0.325 e. The van der Waals surface area contributed by atoms with Crippen molar-refractivity contribution < 1.29 is 14.3 Å². The highest BCUT2D eigenvalue weighted by Gasteiger charge is 2.20. The van der Waals surface area contributed by atoms with Crippen molar-refractivity contribution in [2.75, 3.05) is 19.7 Å². The topological polar surface area (TPSA) is 58.6 Å². The van der Waals surface area contributed by atoms with Crippen molar-refractivity contribution >= 4 is 11.9 Å². The lowest BCUT2D eigenvalue weighted by Gasteiger charge is -2.14. The van der Waals surface area contributed by atoms with E-state index in [4.69, 9.17) is 4.74 Å². The van der Waals surface area contributed by atoms with E-state index < -0.39 is 5.97 Å². The standard InChI is InChI=1S/C14H18N2O3/c1-2-19-14(18)7-15-13(17)10-16-8-11-5-3-4-6-12(11)9-16/h3-6H,2,7-10H2,1H3,(H,15,17). The number of amides is 1. The van der Waals surface area contributed by atoms with Crippen LogP contribution in [0.2, 0.25) is 0 Å². The molecule has 0 saturated carbocycles. The van der Waals surface area contributed by atoms with Gasteiger partial charge < -0.3 is 10.1 Å². The minimum atomic E-state index is -0.402. The molecule has 1 N–H and O–H groups in total. The summed E-state index contributed by atoms with van der Waals surface area (Å²) in [5.41, 5.74) is 2.53. The summed E-state index contributed by atoms with van der Waals surface area (Å²) in [5.74, 6) is -0.554. The Balaban J connectivity index is 1.75. The summed E-state index contributed by atoms with van der Waals surface area (Å²) in [6.07, 6.45) is 0. The second kappa shape index (κ2) is 6.33. The van der Waals surface area contributed by atoms with Crippen LogP contribution in [0.25, 0.3) is 0 Å². The van der Waals surface area contributed by atoms with E-state index >= 15 is 0 Å². The lowest BCUT2D eigenvalue weighted by Crippen LogP contribution is -2.37. The van der Waals surface area contributed by atoms with Crippen molar-refractivity contribution in [2.24, 2.45) is 0 Å². The largest absolute Gasteiger partial charge is 0.465 e. The Morgan fingerprint density at radius 3 is 2.47 bits per heavy atom. The molecule has 1 heterocycles. The van der Waals surface area contributed by atoms with Gasteiger partial charge in [0.05, 0.1) is 13.2 Å². The van der Waals surface area contributed by atoms with Crippen LogP contribution < -0.4 is 5.32 Å². The van der Waals surface area contributed by atoms with Gasteiger partial charge in [0.1, 0.15) is 6.54 Å². The Labute approximate surface area is 112 Å². The number of carbonyl (C=O) groups is 2. The second-order valence-corrected chi connectivity index (χ2v) is 4.50. The summed E-state index contributed by atoms with van der Waals surface area (Å²) in [5, 5.41) is 2.57. The molecule has 0 aromatic heterocycles. The van der Waals surface area contributed by atoms with E-state index in [1.54, 1.807) is 6.92 Å². The quantitative estimate of drug-likeness (QED) is 0.793. The predicted octanol–water partition coefficient (Wildman–Crippen LogP) is 0.681. The first-order valence-electron chi connectivity index (χ1n) is 6.40. The molecule has 0 unspecified atom stereocenters.